The van der Waals surface area contributed by atoms with Crippen LogP contribution in [0.3, 0.4) is 0 Å². The minimum atomic E-state index is 0.0166. The van der Waals surface area contributed by atoms with Crippen LogP contribution < -0.4 is 5.73 Å². The van der Waals surface area contributed by atoms with Gasteiger partial charge in [-0.15, -0.1) is 11.3 Å². The van der Waals surface area contributed by atoms with Crippen LogP contribution in [-0.4, -0.2) is 35.9 Å². The number of amides is 1. The van der Waals surface area contributed by atoms with Gasteiger partial charge in [0.15, 0.2) is 0 Å². The fourth-order valence-electron chi connectivity index (χ4n) is 2.10. The number of nitrogens with zero attached hydrogens (tertiary/aromatic N) is 1. The van der Waals surface area contributed by atoms with Crippen molar-refractivity contribution < 1.29 is 4.79 Å². The molecule has 0 saturated heterocycles. The summed E-state index contributed by atoms with van der Waals surface area (Å²) >= 11 is 3.23. The second-order valence-electron chi connectivity index (χ2n) is 5.06. The lowest BCUT2D eigenvalue weighted by molar-refractivity contribution is 0.0763. The van der Waals surface area contributed by atoms with E-state index < -0.39 is 0 Å². The van der Waals surface area contributed by atoms with Crippen LogP contribution >= 0.6 is 23.1 Å². The van der Waals surface area contributed by atoms with E-state index in [4.69, 9.17) is 5.73 Å². The molecule has 1 aromatic heterocycles. The molecule has 0 aliphatic rings. The summed E-state index contributed by atoms with van der Waals surface area (Å²) in [4.78, 5) is 15.0. The molecular formula is C15H20N2OS2. The molecule has 2 N–H and O–H groups in total. The van der Waals surface area contributed by atoms with Crippen molar-refractivity contribution in [1.29, 1.82) is 0 Å². The predicted molar refractivity (Wildman–Crippen MR) is 90.9 cm³/mol. The molecule has 1 aromatic carbocycles. The molecule has 0 bridgehead atoms. The van der Waals surface area contributed by atoms with Crippen LogP contribution in [0, 0.1) is 6.92 Å². The van der Waals surface area contributed by atoms with Gasteiger partial charge in [-0.05, 0) is 31.7 Å². The summed E-state index contributed by atoms with van der Waals surface area (Å²) in [5, 5.41) is 0.981. The smallest absolute Gasteiger partial charge is 0.266 e. The van der Waals surface area contributed by atoms with Gasteiger partial charge in [-0.2, -0.15) is 11.8 Å². The number of thioether (sulfide) groups is 1. The Hall–Kier alpha value is -1.20. The topological polar surface area (TPSA) is 46.3 Å². The first-order chi connectivity index (χ1) is 9.45. The SMILES string of the molecule is CSCC(C)N(C)C(=O)c1sc2cc(C)ccc2c1N. The monoisotopic (exact) mass is 308 g/mol. The number of hydrogen-bond acceptors (Lipinski definition) is 4. The highest BCUT2D eigenvalue weighted by molar-refractivity contribution is 7.98. The number of aryl methyl sites for hydroxylation is 1. The zero-order valence-electron chi connectivity index (χ0n) is 12.3. The van der Waals surface area contributed by atoms with Gasteiger partial charge in [0.2, 0.25) is 0 Å². The van der Waals surface area contributed by atoms with Crippen molar-refractivity contribution in [2.24, 2.45) is 0 Å². The number of nitrogen functional groups attached to an aromatic ring is 1. The molecule has 1 atom stereocenters. The molecule has 0 aliphatic carbocycles. The number of anilines is 1. The van der Waals surface area contributed by atoms with Gasteiger partial charge >= 0.3 is 0 Å². The number of hydrogen-bond donors (Lipinski definition) is 1. The quantitative estimate of drug-likeness (QED) is 0.938. The van der Waals surface area contributed by atoms with Crippen LogP contribution in [0.4, 0.5) is 5.69 Å². The Kier molecular flexibility index (Phi) is 4.60. The molecule has 20 heavy (non-hydrogen) atoms. The van der Waals surface area contributed by atoms with Crippen LogP contribution in [0.2, 0.25) is 0 Å². The van der Waals surface area contributed by atoms with Crippen LogP contribution in [0.1, 0.15) is 22.2 Å². The van der Waals surface area contributed by atoms with Crippen molar-refractivity contribution >= 4 is 44.8 Å². The Labute approximate surface area is 128 Å². The standard InChI is InChI=1S/C15H20N2OS2/c1-9-5-6-11-12(7-9)20-14(13(11)16)15(18)17(3)10(2)8-19-4/h5-7,10H,8,16H2,1-4H3. The maximum atomic E-state index is 12.6. The number of carbonyl (C=O) groups is 1. The van der Waals surface area contributed by atoms with E-state index in [0.29, 0.717) is 10.6 Å². The first-order valence-corrected chi connectivity index (χ1v) is 8.71. The Balaban J connectivity index is 2.37. The van der Waals surface area contributed by atoms with Gasteiger partial charge in [0.05, 0.1) is 5.69 Å². The van der Waals surface area contributed by atoms with Crippen molar-refractivity contribution in [2.45, 2.75) is 19.9 Å². The van der Waals surface area contributed by atoms with Crippen LogP contribution in [0.25, 0.3) is 10.1 Å². The van der Waals surface area contributed by atoms with E-state index in [1.54, 1.807) is 16.7 Å². The normalized spacial score (nSPS) is 12.6. The average Bonchev–Trinajstić information content (AvgIpc) is 2.74. The highest BCUT2D eigenvalue weighted by atomic mass is 32.2. The van der Waals surface area contributed by atoms with Crippen molar-refractivity contribution in [1.82, 2.24) is 4.90 Å². The molecule has 0 radical (unpaired) electrons. The summed E-state index contributed by atoms with van der Waals surface area (Å²) in [6.45, 7) is 4.10. The largest absolute Gasteiger partial charge is 0.397 e. The van der Waals surface area contributed by atoms with Crippen molar-refractivity contribution in [3.8, 4) is 0 Å². The van der Waals surface area contributed by atoms with Gasteiger partial charge < -0.3 is 10.6 Å². The third-order valence-corrected chi connectivity index (χ3v) is 5.44. The van der Waals surface area contributed by atoms with E-state index in [2.05, 4.69) is 13.0 Å². The molecular weight excluding hydrogens is 288 g/mol. The van der Waals surface area contributed by atoms with E-state index in [1.165, 1.54) is 16.9 Å². The van der Waals surface area contributed by atoms with Gasteiger partial charge in [-0.3, -0.25) is 4.79 Å². The lowest BCUT2D eigenvalue weighted by Gasteiger charge is -2.23. The van der Waals surface area contributed by atoms with E-state index in [-0.39, 0.29) is 11.9 Å². The van der Waals surface area contributed by atoms with E-state index in [1.807, 2.05) is 32.4 Å². The molecule has 5 heteroatoms. The Morgan fingerprint density at radius 1 is 1.50 bits per heavy atom. The second-order valence-corrected chi connectivity index (χ2v) is 7.03. The zero-order chi connectivity index (χ0) is 14.9. The summed E-state index contributed by atoms with van der Waals surface area (Å²) in [5.74, 6) is 0.939. The highest BCUT2D eigenvalue weighted by Gasteiger charge is 2.22. The molecule has 0 spiro atoms. The Morgan fingerprint density at radius 3 is 2.85 bits per heavy atom. The van der Waals surface area contributed by atoms with Gasteiger partial charge in [0.1, 0.15) is 4.88 Å². The Morgan fingerprint density at radius 2 is 2.20 bits per heavy atom. The van der Waals surface area contributed by atoms with E-state index in [0.717, 1.165) is 15.8 Å². The number of nitrogens with two attached hydrogens (primary N) is 1. The zero-order valence-corrected chi connectivity index (χ0v) is 13.9. The van der Waals surface area contributed by atoms with Crippen LogP contribution in [0.15, 0.2) is 18.2 Å². The van der Waals surface area contributed by atoms with Crippen LogP contribution in [-0.2, 0) is 0 Å². The maximum Gasteiger partial charge on any atom is 0.266 e. The minimum absolute atomic E-state index is 0.0166. The number of benzene rings is 1. The molecule has 0 saturated carbocycles. The van der Waals surface area contributed by atoms with Gasteiger partial charge in [0, 0.05) is 28.9 Å². The summed E-state index contributed by atoms with van der Waals surface area (Å²) in [7, 11) is 1.85. The molecule has 0 fully saturated rings. The van der Waals surface area contributed by atoms with Crippen molar-refractivity contribution in [3.05, 3.63) is 28.6 Å². The summed E-state index contributed by atoms with van der Waals surface area (Å²) < 4.78 is 1.08. The second kappa shape index (κ2) is 6.06. The summed E-state index contributed by atoms with van der Waals surface area (Å²) in [6.07, 6.45) is 2.05. The molecule has 1 unspecified atom stereocenters. The van der Waals surface area contributed by atoms with Crippen LogP contribution in [0.5, 0.6) is 0 Å². The molecule has 108 valence electrons. The van der Waals surface area contributed by atoms with Gasteiger partial charge in [0.25, 0.3) is 5.91 Å². The number of rotatable bonds is 4. The molecule has 0 aliphatic heterocycles. The lowest BCUT2D eigenvalue weighted by atomic mass is 10.1. The third kappa shape index (κ3) is 2.79. The summed E-state index contributed by atoms with van der Waals surface area (Å²) in [5.41, 5.74) is 7.95. The van der Waals surface area contributed by atoms with E-state index >= 15 is 0 Å². The predicted octanol–water partition coefficient (Wildman–Crippen LogP) is 3.62. The molecule has 1 amide bonds. The number of thiophene rings is 1. The van der Waals surface area contributed by atoms with E-state index in [9.17, 15) is 4.79 Å². The number of carbonyl (C=O) groups excluding carboxylic acids is 1. The minimum Gasteiger partial charge on any atom is -0.397 e. The fourth-order valence-corrected chi connectivity index (χ4v) is 4.01. The highest BCUT2D eigenvalue weighted by Crippen LogP contribution is 2.35. The molecule has 1 heterocycles. The molecule has 2 rings (SSSR count). The fraction of sp³-hybridized carbons (Fsp3) is 0.400. The summed E-state index contributed by atoms with van der Waals surface area (Å²) in [6, 6.07) is 6.31. The van der Waals surface area contributed by atoms with Gasteiger partial charge in [-0.25, -0.2) is 0 Å². The Bertz CT molecular complexity index is 636. The molecule has 3 nitrogen and oxygen atoms in total. The first-order valence-electron chi connectivity index (χ1n) is 6.50. The maximum absolute atomic E-state index is 12.6. The lowest BCUT2D eigenvalue weighted by Crippen LogP contribution is -2.36. The van der Waals surface area contributed by atoms with Crippen molar-refractivity contribution in [2.75, 3.05) is 24.8 Å². The molecule has 2 aromatic rings. The number of fused-ring (bicyclic) bond motifs is 1. The first kappa shape index (κ1) is 15.2. The third-order valence-electron chi connectivity index (χ3n) is 3.47. The average molecular weight is 308 g/mol. The van der Waals surface area contributed by atoms with Gasteiger partial charge in [-0.1, -0.05) is 12.1 Å². The van der Waals surface area contributed by atoms with Crippen molar-refractivity contribution in [3.63, 3.8) is 0 Å².